The summed E-state index contributed by atoms with van der Waals surface area (Å²) in [7, 11) is 0. The first kappa shape index (κ1) is 15.8. The molecule has 0 N–H and O–H groups in total. The Morgan fingerprint density at radius 2 is 1.57 bits per heavy atom. The van der Waals surface area contributed by atoms with Gasteiger partial charge in [0.15, 0.2) is 0 Å². The minimum absolute atomic E-state index is 0.0645. The van der Waals surface area contributed by atoms with Crippen LogP contribution in [0, 0.1) is 6.92 Å². The van der Waals surface area contributed by atoms with Crippen molar-refractivity contribution in [2.75, 3.05) is 19.6 Å². The maximum absolute atomic E-state index is 11.9. The molecule has 1 unspecified atom stereocenters. The largest absolute Gasteiger partial charge is 0.337 e. The number of hydrogen-bond acceptors (Lipinski definition) is 2. The molecular weight excluding hydrogens is 284 g/mol. The topological polar surface area (TPSA) is 23.6 Å². The van der Waals surface area contributed by atoms with E-state index in [0.717, 1.165) is 32.6 Å². The summed E-state index contributed by atoms with van der Waals surface area (Å²) in [5, 5.41) is 0. The summed E-state index contributed by atoms with van der Waals surface area (Å²) in [6.07, 6.45) is 0.882. The summed E-state index contributed by atoms with van der Waals surface area (Å²) in [5.41, 5.74) is 2.59. The van der Waals surface area contributed by atoms with E-state index in [1.54, 1.807) is 0 Å². The second kappa shape index (κ2) is 7.42. The zero-order chi connectivity index (χ0) is 16.1. The van der Waals surface area contributed by atoms with Crippen LogP contribution in [0.4, 0.5) is 0 Å². The summed E-state index contributed by atoms with van der Waals surface area (Å²) in [4.78, 5) is 16.2. The zero-order valence-electron chi connectivity index (χ0n) is 13.4. The van der Waals surface area contributed by atoms with Gasteiger partial charge in [-0.3, -0.25) is 9.69 Å². The molecule has 23 heavy (non-hydrogen) atoms. The number of hydrogen-bond donors (Lipinski definition) is 0. The zero-order valence-corrected chi connectivity index (χ0v) is 13.4. The molecule has 3 rings (SSSR count). The molecule has 1 saturated heterocycles. The van der Waals surface area contributed by atoms with Crippen LogP contribution in [-0.2, 0) is 17.8 Å². The Morgan fingerprint density at radius 1 is 0.957 bits per heavy atom. The lowest BCUT2D eigenvalue weighted by Gasteiger charge is -2.41. The van der Waals surface area contributed by atoms with Gasteiger partial charge in [0.05, 0.1) is 0 Å². The van der Waals surface area contributed by atoms with Gasteiger partial charge in [-0.05, 0) is 17.5 Å². The highest BCUT2D eigenvalue weighted by Gasteiger charge is 2.28. The van der Waals surface area contributed by atoms with Crippen molar-refractivity contribution >= 4 is 5.91 Å². The molecule has 0 saturated carbocycles. The molecule has 119 valence electrons. The highest BCUT2D eigenvalue weighted by molar-refractivity contribution is 5.80. The third kappa shape index (κ3) is 4.20. The maximum atomic E-state index is 11.9. The van der Waals surface area contributed by atoms with Gasteiger partial charge in [0, 0.05) is 39.1 Å². The van der Waals surface area contributed by atoms with E-state index in [9.17, 15) is 4.79 Å². The highest BCUT2D eigenvalue weighted by Crippen LogP contribution is 2.17. The number of benzene rings is 2. The molecule has 1 atom stereocenters. The molecule has 1 radical (unpaired) electrons. The van der Waals surface area contributed by atoms with Gasteiger partial charge in [0.1, 0.15) is 0 Å². The molecule has 1 fully saturated rings. The fraction of sp³-hybridized carbons (Fsp3) is 0.300. The van der Waals surface area contributed by atoms with Gasteiger partial charge >= 0.3 is 0 Å². The van der Waals surface area contributed by atoms with Crippen molar-refractivity contribution in [1.82, 2.24) is 9.80 Å². The van der Waals surface area contributed by atoms with E-state index in [2.05, 4.69) is 60.4 Å². The lowest BCUT2D eigenvalue weighted by atomic mass is 10.0. The van der Waals surface area contributed by atoms with Gasteiger partial charge in [0.25, 0.3) is 0 Å². The van der Waals surface area contributed by atoms with Gasteiger partial charge < -0.3 is 4.90 Å². The third-order valence-electron chi connectivity index (χ3n) is 4.45. The number of carbonyl (C=O) groups excluding carboxylic acids is 1. The van der Waals surface area contributed by atoms with Gasteiger partial charge in [-0.15, -0.1) is 0 Å². The van der Waals surface area contributed by atoms with Crippen molar-refractivity contribution in [3.8, 4) is 0 Å². The summed E-state index contributed by atoms with van der Waals surface area (Å²) in [6.45, 7) is 7.12. The normalized spacial score (nSPS) is 18.8. The molecule has 1 heterocycles. The smallest absolute Gasteiger partial charge is 0.223 e. The first-order chi connectivity index (χ1) is 11.2. The molecule has 0 aromatic heterocycles. The van der Waals surface area contributed by atoms with Crippen LogP contribution in [0.15, 0.2) is 60.7 Å². The number of nitrogens with zero attached hydrogens (tertiary/aromatic N) is 2. The van der Waals surface area contributed by atoms with Crippen molar-refractivity contribution < 1.29 is 4.79 Å². The molecule has 0 bridgehead atoms. The fourth-order valence-electron chi connectivity index (χ4n) is 3.29. The molecule has 2 aromatic carbocycles. The Labute approximate surface area is 138 Å². The Kier molecular flexibility index (Phi) is 5.09. The van der Waals surface area contributed by atoms with Crippen LogP contribution < -0.4 is 0 Å². The fourth-order valence-corrected chi connectivity index (χ4v) is 3.29. The first-order valence-corrected chi connectivity index (χ1v) is 8.15. The number of amides is 1. The lowest BCUT2D eigenvalue weighted by Crippen LogP contribution is -2.55. The second-order valence-corrected chi connectivity index (χ2v) is 6.15. The van der Waals surface area contributed by atoms with Crippen LogP contribution in [0.5, 0.6) is 0 Å². The Balaban J connectivity index is 1.69. The third-order valence-corrected chi connectivity index (χ3v) is 4.45. The van der Waals surface area contributed by atoms with Crippen molar-refractivity contribution in [2.45, 2.75) is 19.0 Å². The molecule has 1 aliphatic heterocycles. The molecule has 3 nitrogen and oxygen atoms in total. The van der Waals surface area contributed by atoms with E-state index in [1.807, 2.05) is 17.0 Å². The maximum Gasteiger partial charge on any atom is 0.223 e. The van der Waals surface area contributed by atoms with Crippen LogP contribution in [0.25, 0.3) is 0 Å². The van der Waals surface area contributed by atoms with E-state index in [4.69, 9.17) is 0 Å². The van der Waals surface area contributed by atoms with Crippen LogP contribution in [0.1, 0.15) is 11.1 Å². The first-order valence-electron chi connectivity index (χ1n) is 8.15. The average Bonchev–Trinajstić information content (AvgIpc) is 2.57. The minimum Gasteiger partial charge on any atom is -0.337 e. The lowest BCUT2D eigenvalue weighted by molar-refractivity contribution is -0.131. The SMILES string of the molecule is [CH2]C(=O)N1CCN(Cc2ccccc2)CC1Cc1ccccc1. The summed E-state index contributed by atoms with van der Waals surface area (Å²) < 4.78 is 0. The molecule has 1 amide bonds. The number of rotatable bonds is 4. The predicted molar refractivity (Wildman–Crippen MR) is 92.7 cm³/mol. The van der Waals surface area contributed by atoms with Crippen molar-refractivity contribution in [3.05, 3.63) is 78.7 Å². The summed E-state index contributed by atoms with van der Waals surface area (Å²) in [5.74, 6) is -0.0645. The number of piperazine rings is 1. The monoisotopic (exact) mass is 307 g/mol. The van der Waals surface area contributed by atoms with Gasteiger partial charge in [-0.25, -0.2) is 0 Å². The van der Waals surface area contributed by atoms with E-state index in [1.165, 1.54) is 11.1 Å². The van der Waals surface area contributed by atoms with Gasteiger partial charge in [0.2, 0.25) is 5.91 Å². The molecule has 1 aliphatic rings. The second-order valence-electron chi connectivity index (χ2n) is 6.15. The summed E-state index contributed by atoms with van der Waals surface area (Å²) >= 11 is 0. The van der Waals surface area contributed by atoms with Crippen molar-refractivity contribution in [1.29, 1.82) is 0 Å². The highest BCUT2D eigenvalue weighted by atomic mass is 16.2. The minimum atomic E-state index is -0.0645. The van der Waals surface area contributed by atoms with E-state index in [-0.39, 0.29) is 11.9 Å². The Hall–Kier alpha value is -2.13. The van der Waals surface area contributed by atoms with Crippen molar-refractivity contribution in [3.63, 3.8) is 0 Å². The van der Waals surface area contributed by atoms with E-state index < -0.39 is 0 Å². The molecule has 3 heteroatoms. The molecule has 0 spiro atoms. The Morgan fingerprint density at radius 3 is 2.17 bits per heavy atom. The summed E-state index contributed by atoms with van der Waals surface area (Å²) in [6, 6.07) is 21.1. The quantitative estimate of drug-likeness (QED) is 0.867. The Bertz CT molecular complexity index is 627. The van der Waals surface area contributed by atoms with Crippen LogP contribution in [0.3, 0.4) is 0 Å². The van der Waals surface area contributed by atoms with Gasteiger partial charge in [-0.1, -0.05) is 60.7 Å². The molecule has 0 aliphatic carbocycles. The molecular formula is C20H23N2O. The average molecular weight is 307 g/mol. The van der Waals surface area contributed by atoms with Crippen LogP contribution in [0.2, 0.25) is 0 Å². The van der Waals surface area contributed by atoms with Gasteiger partial charge in [-0.2, -0.15) is 0 Å². The van der Waals surface area contributed by atoms with Crippen LogP contribution in [-0.4, -0.2) is 41.4 Å². The van der Waals surface area contributed by atoms with E-state index in [0.29, 0.717) is 0 Å². The van der Waals surface area contributed by atoms with Crippen molar-refractivity contribution in [2.24, 2.45) is 0 Å². The van der Waals surface area contributed by atoms with E-state index >= 15 is 0 Å². The predicted octanol–water partition coefficient (Wildman–Crippen LogP) is 2.78. The number of carbonyl (C=O) groups is 1. The molecule has 2 aromatic rings. The van der Waals surface area contributed by atoms with Crippen LogP contribution >= 0.6 is 0 Å². The standard InChI is InChI=1S/C20H23N2O/c1-17(23)22-13-12-21(15-19-10-6-3-7-11-19)16-20(22)14-18-8-4-2-5-9-18/h2-11,20H,1,12-16H2.